The molecule has 1 N–H and O–H groups in total. The van der Waals surface area contributed by atoms with E-state index in [-0.39, 0.29) is 12.1 Å². The quantitative estimate of drug-likeness (QED) is 0.821. The van der Waals surface area contributed by atoms with Gasteiger partial charge in [0.25, 0.3) is 0 Å². The largest absolute Gasteiger partial charge is 0.493 e. The normalized spacial score (nSPS) is 19.2. The van der Waals surface area contributed by atoms with Crippen LogP contribution in [-0.4, -0.2) is 68.8 Å². The van der Waals surface area contributed by atoms with Gasteiger partial charge in [0, 0.05) is 18.6 Å². The zero-order valence-electron chi connectivity index (χ0n) is 14.4. The second-order valence-electron chi connectivity index (χ2n) is 6.27. The van der Waals surface area contributed by atoms with Crippen LogP contribution in [0, 0.1) is 0 Å². The van der Waals surface area contributed by atoms with Crippen molar-refractivity contribution < 1.29 is 24.1 Å². The molecule has 130 valence electrons. The van der Waals surface area contributed by atoms with Crippen LogP contribution in [0.4, 0.5) is 0 Å². The van der Waals surface area contributed by atoms with Crippen LogP contribution < -0.4 is 14.2 Å². The van der Waals surface area contributed by atoms with E-state index < -0.39 is 6.10 Å². The summed E-state index contributed by atoms with van der Waals surface area (Å²) in [4.78, 5) is 2.23. The van der Waals surface area contributed by atoms with Crippen molar-refractivity contribution in [2.24, 2.45) is 0 Å². The fraction of sp³-hybridized carbons (Fsp3) is 0.647. The predicted octanol–water partition coefficient (Wildman–Crippen LogP) is 1.55. The van der Waals surface area contributed by atoms with Gasteiger partial charge in [-0.15, -0.1) is 0 Å². The van der Waals surface area contributed by atoms with Gasteiger partial charge < -0.3 is 24.1 Å². The number of ether oxygens (including phenoxy) is 4. The molecule has 23 heavy (non-hydrogen) atoms. The van der Waals surface area contributed by atoms with Gasteiger partial charge in [-0.3, -0.25) is 4.90 Å². The fourth-order valence-corrected chi connectivity index (χ4v) is 2.68. The molecule has 1 atom stereocenters. The number of nitrogens with zero attached hydrogens (tertiary/aromatic N) is 1. The zero-order chi connectivity index (χ0) is 16.9. The fourth-order valence-electron chi connectivity index (χ4n) is 2.68. The van der Waals surface area contributed by atoms with E-state index in [1.807, 2.05) is 6.07 Å². The summed E-state index contributed by atoms with van der Waals surface area (Å²) in [5.74, 6) is 1.68. The number of hydrogen-bond acceptors (Lipinski definition) is 6. The van der Waals surface area contributed by atoms with Crippen LogP contribution in [-0.2, 0) is 4.74 Å². The summed E-state index contributed by atoms with van der Waals surface area (Å²) in [6.45, 7) is 7.10. The second-order valence-corrected chi connectivity index (χ2v) is 6.27. The molecule has 6 nitrogen and oxygen atoms in total. The highest BCUT2D eigenvalue weighted by molar-refractivity contribution is 5.51. The van der Waals surface area contributed by atoms with E-state index in [9.17, 15) is 5.11 Å². The smallest absolute Gasteiger partial charge is 0.203 e. The number of morpholine rings is 1. The molecule has 0 spiro atoms. The monoisotopic (exact) mass is 325 g/mol. The van der Waals surface area contributed by atoms with E-state index in [0.29, 0.717) is 37.0 Å². The van der Waals surface area contributed by atoms with Gasteiger partial charge >= 0.3 is 0 Å². The molecule has 6 heteroatoms. The molecule has 0 radical (unpaired) electrons. The van der Waals surface area contributed by atoms with Gasteiger partial charge in [0.15, 0.2) is 11.5 Å². The van der Waals surface area contributed by atoms with Gasteiger partial charge in [-0.1, -0.05) is 6.07 Å². The van der Waals surface area contributed by atoms with Crippen LogP contribution in [0.15, 0.2) is 18.2 Å². The molecule has 0 aliphatic carbocycles. The lowest BCUT2D eigenvalue weighted by atomic mass is 10.0. The van der Waals surface area contributed by atoms with Crippen LogP contribution in [0.25, 0.3) is 0 Å². The number of rotatable bonds is 7. The highest BCUT2D eigenvalue weighted by Gasteiger charge is 2.31. The van der Waals surface area contributed by atoms with Crippen molar-refractivity contribution >= 4 is 0 Å². The van der Waals surface area contributed by atoms with Crippen LogP contribution in [0.5, 0.6) is 17.2 Å². The first-order chi connectivity index (χ1) is 11.0. The van der Waals surface area contributed by atoms with E-state index in [4.69, 9.17) is 18.9 Å². The Hall–Kier alpha value is -1.50. The van der Waals surface area contributed by atoms with Gasteiger partial charge in [0.2, 0.25) is 5.75 Å². The first kappa shape index (κ1) is 17.8. The van der Waals surface area contributed by atoms with Crippen LogP contribution in [0.1, 0.15) is 13.8 Å². The SMILES string of the molecule is COc1cccc(OC)c1OCC(O)CN1CCOCC1(C)C. The summed E-state index contributed by atoms with van der Waals surface area (Å²) in [5, 5.41) is 10.3. The molecule has 1 unspecified atom stereocenters. The Morgan fingerprint density at radius 3 is 2.48 bits per heavy atom. The molecule has 0 saturated carbocycles. The maximum absolute atomic E-state index is 10.3. The molecule has 0 amide bonds. The Balaban J connectivity index is 1.95. The van der Waals surface area contributed by atoms with Crippen LogP contribution in [0.3, 0.4) is 0 Å². The molecule has 0 bridgehead atoms. The van der Waals surface area contributed by atoms with Crippen molar-refractivity contribution in [3.8, 4) is 17.2 Å². The van der Waals surface area contributed by atoms with Crippen molar-refractivity contribution in [3.05, 3.63) is 18.2 Å². The van der Waals surface area contributed by atoms with Gasteiger partial charge in [-0.25, -0.2) is 0 Å². The summed E-state index contributed by atoms with van der Waals surface area (Å²) in [7, 11) is 3.16. The Bertz CT molecular complexity index is 484. The minimum atomic E-state index is -0.609. The Morgan fingerprint density at radius 2 is 1.91 bits per heavy atom. The van der Waals surface area contributed by atoms with Crippen molar-refractivity contribution in [1.29, 1.82) is 0 Å². The number of para-hydroxylation sites is 1. The minimum Gasteiger partial charge on any atom is -0.493 e. The number of methoxy groups -OCH3 is 2. The van der Waals surface area contributed by atoms with Crippen LogP contribution >= 0.6 is 0 Å². The summed E-state index contributed by atoms with van der Waals surface area (Å²) >= 11 is 0. The van der Waals surface area contributed by atoms with E-state index in [1.54, 1.807) is 26.4 Å². The van der Waals surface area contributed by atoms with Crippen LogP contribution in [0.2, 0.25) is 0 Å². The summed E-state index contributed by atoms with van der Waals surface area (Å²) < 4.78 is 21.8. The minimum absolute atomic E-state index is 0.0820. The molecule has 1 aliphatic rings. The Labute approximate surface area is 137 Å². The summed E-state index contributed by atoms with van der Waals surface area (Å²) in [6, 6.07) is 5.43. The predicted molar refractivity (Wildman–Crippen MR) is 87.5 cm³/mol. The van der Waals surface area contributed by atoms with E-state index in [2.05, 4.69) is 18.7 Å². The summed E-state index contributed by atoms with van der Waals surface area (Å²) in [6.07, 6.45) is -0.609. The highest BCUT2D eigenvalue weighted by atomic mass is 16.5. The molecule has 1 aromatic carbocycles. The molecule has 0 aromatic heterocycles. The standard InChI is InChI=1S/C17H27NO5/c1-17(2)12-22-9-8-18(17)10-13(19)11-23-16-14(20-3)6-5-7-15(16)21-4/h5-7,13,19H,8-12H2,1-4H3. The zero-order valence-corrected chi connectivity index (χ0v) is 14.4. The highest BCUT2D eigenvalue weighted by Crippen LogP contribution is 2.36. The van der Waals surface area contributed by atoms with Gasteiger partial charge in [-0.05, 0) is 26.0 Å². The third kappa shape index (κ3) is 4.50. The number of aliphatic hydroxyl groups is 1. The Morgan fingerprint density at radius 1 is 1.26 bits per heavy atom. The topological polar surface area (TPSA) is 60.4 Å². The van der Waals surface area contributed by atoms with E-state index >= 15 is 0 Å². The molecule has 2 rings (SSSR count). The number of hydrogen-bond donors (Lipinski definition) is 1. The van der Waals surface area contributed by atoms with Gasteiger partial charge in [0.1, 0.15) is 12.7 Å². The Kier molecular flexibility index (Phi) is 6.10. The molecule has 1 fully saturated rings. The van der Waals surface area contributed by atoms with Gasteiger partial charge in [-0.2, -0.15) is 0 Å². The lowest BCUT2D eigenvalue weighted by Crippen LogP contribution is -2.55. The third-order valence-corrected chi connectivity index (χ3v) is 4.05. The molecular weight excluding hydrogens is 298 g/mol. The maximum atomic E-state index is 10.3. The maximum Gasteiger partial charge on any atom is 0.203 e. The average Bonchev–Trinajstić information content (AvgIpc) is 2.54. The van der Waals surface area contributed by atoms with Crippen molar-refractivity contribution in [2.45, 2.75) is 25.5 Å². The van der Waals surface area contributed by atoms with E-state index in [1.165, 1.54) is 0 Å². The molecular formula is C17H27NO5. The van der Waals surface area contributed by atoms with Crippen molar-refractivity contribution in [3.63, 3.8) is 0 Å². The van der Waals surface area contributed by atoms with E-state index in [0.717, 1.165) is 6.54 Å². The van der Waals surface area contributed by atoms with Crippen molar-refractivity contribution in [2.75, 3.05) is 47.1 Å². The molecule has 1 heterocycles. The van der Waals surface area contributed by atoms with Gasteiger partial charge in [0.05, 0.1) is 27.4 Å². The lowest BCUT2D eigenvalue weighted by molar-refractivity contribution is -0.0704. The average molecular weight is 325 g/mol. The second kappa shape index (κ2) is 7.86. The molecule has 1 aliphatic heterocycles. The number of aliphatic hydroxyl groups excluding tert-OH is 1. The summed E-state index contributed by atoms with van der Waals surface area (Å²) in [5.41, 5.74) is -0.0820. The first-order valence-corrected chi connectivity index (χ1v) is 7.82. The third-order valence-electron chi connectivity index (χ3n) is 4.05. The first-order valence-electron chi connectivity index (χ1n) is 7.82. The molecule has 1 aromatic rings. The molecule has 1 saturated heterocycles. The number of β-amino-alcohol motifs (C(OH)–C–C–N with tert-alkyl or cyclic N) is 1. The lowest BCUT2D eigenvalue weighted by Gasteiger charge is -2.42. The number of benzene rings is 1. The van der Waals surface area contributed by atoms with Crippen molar-refractivity contribution in [1.82, 2.24) is 4.90 Å².